The van der Waals surface area contributed by atoms with Gasteiger partial charge in [0.25, 0.3) is 0 Å². The zero-order chi connectivity index (χ0) is 5.82. The van der Waals surface area contributed by atoms with Crippen LogP contribution in [-0.4, -0.2) is 16.4 Å². The first-order valence-electron chi connectivity index (χ1n) is 2.81. The molecule has 0 saturated heterocycles. The van der Waals surface area contributed by atoms with Crippen LogP contribution in [-0.2, 0) is 0 Å². The molecule has 0 amide bonds. The van der Waals surface area contributed by atoms with Gasteiger partial charge in [-0.05, 0) is 25.3 Å². The van der Waals surface area contributed by atoms with Gasteiger partial charge < -0.3 is 12.1 Å². The predicted octanol–water partition coefficient (Wildman–Crippen LogP) is -2.15. The molecule has 1 aliphatic carbocycles. The molecule has 0 aliphatic heterocycles. The fraction of sp³-hybridized carbons (Fsp3) is 0.500. The van der Waals surface area contributed by atoms with Gasteiger partial charge in [0, 0.05) is 0 Å². The Bertz CT molecular complexity index is 139. The fourth-order valence-corrected chi connectivity index (χ4v) is 0.787. The number of hydrogen-bond donors (Lipinski definition) is 1. The zero-order valence-electron chi connectivity index (χ0n) is 7.17. The summed E-state index contributed by atoms with van der Waals surface area (Å²) in [5, 5.41) is 11.3. The molecule has 3 N–H and O–H groups in total. The third-order valence-corrected chi connectivity index (χ3v) is 1.24. The van der Waals surface area contributed by atoms with Crippen LogP contribution in [0.5, 0.6) is 0 Å². The van der Waals surface area contributed by atoms with Crippen LogP contribution in [0, 0.1) is 0 Å². The van der Waals surface area contributed by atoms with E-state index in [1.807, 2.05) is 12.2 Å². The van der Waals surface area contributed by atoms with Crippen molar-refractivity contribution in [3.05, 3.63) is 12.2 Å². The molecule has 0 aromatic rings. The maximum atomic E-state index is 8.23. The summed E-state index contributed by atoms with van der Waals surface area (Å²) in [5.74, 6) is 0. The van der Waals surface area contributed by atoms with Gasteiger partial charge in [-0.15, -0.1) is 0 Å². The molecule has 0 radical (unpaired) electrons. The van der Waals surface area contributed by atoms with Gasteiger partial charge in [-0.25, -0.2) is 0 Å². The molecule has 0 fully saturated rings. The molecular weight excluding hydrogens is 125 g/mol. The minimum Gasteiger partial charge on any atom is -1.00 e. The normalized spacial score (nSPS) is 19.4. The monoisotopic (exact) mass is 137 g/mol. The van der Waals surface area contributed by atoms with Crippen LogP contribution >= 0.6 is 0 Å². The van der Waals surface area contributed by atoms with E-state index in [2.05, 4.69) is 5.16 Å². The van der Waals surface area contributed by atoms with Gasteiger partial charge >= 0.3 is 18.9 Å². The van der Waals surface area contributed by atoms with E-state index in [9.17, 15) is 0 Å². The summed E-state index contributed by atoms with van der Waals surface area (Å²) < 4.78 is 0. The molecule has 0 spiro atoms. The zero-order valence-corrected chi connectivity index (χ0v) is 6.17. The summed E-state index contributed by atoms with van der Waals surface area (Å²) in [4.78, 5) is 0. The van der Waals surface area contributed by atoms with Crippen LogP contribution in [0.2, 0.25) is 0 Å². The first kappa shape index (κ1) is 12.4. The summed E-state index contributed by atoms with van der Waals surface area (Å²) in [6.07, 6.45) is 7.06. The molecule has 0 saturated carbocycles. The van der Waals surface area contributed by atoms with Crippen LogP contribution in [0.4, 0.5) is 0 Å². The van der Waals surface area contributed by atoms with Crippen LogP contribution < -0.4 is 18.9 Å². The number of hydrogen-bond acceptors (Lipinski definition) is 2. The number of nitrogens with zero attached hydrogens (tertiary/aromatic N) is 1. The van der Waals surface area contributed by atoms with Crippen LogP contribution in [0.15, 0.2) is 17.3 Å². The molecule has 0 bridgehead atoms. The van der Waals surface area contributed by atoms with Gasteiger partial charge in [-0.2, -0.15) is 0 Å². The smallest absolute Gasteiger partial charge is 1.00 e. The van der Waals surface area contributed by atoms with Gasteiger partial charge in [-0.1, -0.05) is 11.2 Å². The van der Waals surface area contributed by atoms with Crippen molar-refractivity contribution in [2.75, 3.05) is 0 Å². The van der Waals surface area contributed by atoms with Crippen molar-refractivity contribution in [3.8, 4) is 0 Å². The average Bonchev–Trinajstić information content (AvgIpc) is 1.90. The molecule has 0 unspecified atom stereocenters. The average molecular weight is 137 g/mol. The van der Waals surface area contributed by atoms with E-state index >= 15 is 0 Å². The first-order chi connectivity index (χ1) is 3.93. The summed E-state index contributed by atoms with van der Waals surface area (Å²) in [6, 6.07) is 0. The maximum Gasteiger partial charge on any atom is 1.00 e. The fourth-order valence-electron chi connectivity index (χ4n) is 0.787. The molecule has 0 aromatic heterocycles. The Morgan fingerprint density at radius 3 is 2.60 bits per heavy atom. The minimum absolute atomic E-state index is 0. The molecule has 54 valence electrons. The van der Waals surface area contributed by atoms with Crippen LogP contribution in [0.3, 0.4) is 0 Å². The maximum absolute atomic E-state index is 8.23. The number of oxime groups is 1. The first-order valence-corrected chi connectivity index (χ1v) is 2.81. The van der Waals surface area contributed by atoms with Crippen LogP contribution in [0.1, 0.15) is 20.7 Å². The molecule has 0 heterocycles. The second kappa shape index (κ2) is 6.88. The molecule has 4 heteroatoms. The summed E-state index contributed by atoms with van der Waals surface area (Å²) in [6.45, 7) is 0. The minimum atomic E-state index is 0. The van der Waals surface area contributed by atoms with E-state index in [4.69, 9.17) is 5.21 Å². The summed E-state index contributed by atoms with van der Waals surface area (Å²) >= 11 is 0. The Morgan fingerprint density at radius 2 is 2.30 bits per heavy atom. The van der Waals surface area contributed by atoms with Gasteiger partial charge in [0.15, 0.2) is 0 Å². The second-order valence-electron chi connectivity index (χ2n) is 1.89. The van der Waals surface area contributed by atoms with Crippen molar-refractivity contribution in [1.82, 2.24) is 0 Å². The third kappa shape index (κ3) is 3.73. The predicted molar refractivity (Wildman–Crippen MR) is 36.9 cm³/mol. The van der Waals surface area contributed by atoms with E-state index in [-0.39, 0.29) is 25.8 Å². The van der Waals surface area contributed by atoms with E-state index < -0.39 is 0 Å². The Labute approximate surface area is 73.8 Å². The largest absolute Gasteiger partial charge is 1.00 e. The quantitative estimate of drug-likeness (QED) is 0.231. The van der Waals surface area contributed by atoms with E-state index in [1.165, 1.54) is 0 Å². The van der Waals surface area contributed by atoms with E-state index in [0.717, 1.165) is 25.0 Å². The topological polar surface area (TPSA) is 64.1 Å². The van der Waals surface area contributed by atoms with Crippen LogP contribution in [0.25, 0.3) is 0 Å². The number of allylic oxidation sites excluding steroid dienone is 2. The van der Waals surface area contributed by atoms with E-state index in [1.54, 1.807) is 0 Å². The Hall–Kier alpha value is -0.233. The Balaban J connectivity index is -0.000000213. The molecule has 0 atom stereocenters. The standard InChI is InChI=1S/C6H9NO.Li.H2O.H/c8-7-6-4-2-1-3-5-6;;;/h2,4,8H,1,3,5H2;;1H2;/q;+1;;-1. The van der Waals surface area contributed by atoms with E-state index in [0.29, 0.717) is 0 Å². The third-order valence-electron chi connectivity index (χ3n) is 1.24. The van der Waals surface area contributed by atoms with Gasteiger partial charge in [0.1, 0.15) is 0 Å². The van der Waals surface area contributed by atoms with Crippen molar-refractivity contribution < 1.29 is 31.0 Å². The SMILES string of the molecule is O.ON=C1C=CCCC1.[H-].[Li+]. The molecule has 10 heavy (non-hydrogen) atoms. The molecular formula is C6H12LiNO2. The molecule has 1 rings (SSSR count). The van der Waals surface area contributed by atoms with Crippen molar-refractivity contribution in [2.24, 2.45) is 5.16 Å². The van der Waals surface area contributed by atoms with Gasteiger partial charge in [0.2, 0.25) is 0 Å². The van der Waals surface area contributed by atoms with Crippen molar-refractivity contribution in [2.45, 2.75) is 19.3 Å². The van der Waals surface area contributed by atoms with Crippen molar-refractivity contribution in [1.29, 1.82) is 0 Å². The number of rotatable bonds is 0. The Kier molecular flexibility index (Phi) is 8.56. The molecule has 0 aromatic carbocycles. The summed E-state index contributed by atoms with van der Waals surface area (Å²) in [5.41, 5.74) is 0.802. The van der Waals surface area contributed by atoms with Crippen molar-refractivity contribution >= 4 is 5.71 Å². The molecule has 3 nitrogen and oxygen atoms in total. The summed E-state index contributed by atoms with van der Waals surface area (Å²) in [7, 11) is 0. The van der Waals surface area contributed by atoms with Crippen molar-refractivity contribution in [3.63, 3.8) is 0 Å². The second-order valence-corrected chi connectivity index (χ2v) is 1.89. The van der Waals surface area contributed by atoms with Gasteiger partial charge in [-0.3, -0.25) is 0 Å². The van der Waals surface area contributed by atoms with Gasteiger partial charge in [0.05, 0.1) is 5.71 Å². The molecule has 1 aliphatic rings. The Morgan fingerprint density at radius 1 is 1.60 bits per heavy atom.